The van der Waals surface area contributed by atoms with Gasteiger partial charge in [0.05, 0.1) is 57.2 Å². The van der Waals surface area contributed by atoms with E-state index in [1.807, 2.05) is 41.0 Å². The predicted octanol–water partition coefficient (Wildman–Crippen LogP) is 0.255. The van der Waals surface area contributed by atoms with E-state index in [0.717, 1.165) is 35.3 Å². The highest BCUT2D eigenvalue weighted by molar-refractivity contribution is 6.39. The van der Waals surface area contributed by atoms with Crippen molar-refractivity contribution in [2.45, 2.75) is 30.8 Å². The Bertz CT molecular complexity index is 1880. The van der Waals surface area contributed by atoms with Crippen molar-refractivity contribution in [2.24, 2.45) is 17.4 Å². The average molecular weight is 659 g/mol. The minimum Gasteiger partial charge on any atom is -0.393 e. The van der Waals surface area contributed by atoms with Crippen LogP contribution in [0.1, 0.15) is 40.8 Å². The van der Waals surface area contributed by atoms with Crippen molar-refractivity contribution in [2.75, 3.05) is 51.5 Å². The van der Waals surface area contributed by atoms with Gasteiger partial charge in [-0.05, 0) is 36.4 Å². The number of rotatable bonds is 10. The first-order valence-corrected chi connectivity index (χ1v) is 16.0. The molecule has 2 fully saturated rings. The van der Waals surface area contributed by atoms with E-state index in [1.54, 1.807) is 32.3 Å². The second-order valence-corrected chi connectivity index (χ2v) is 12.9. The Morgan fingerprint density at radius 1 is 1.06 bits per heavy atom. The summed E-state index contributed by atoms with van der Waals surface area (Å²) in [7, 11) is 20.0. The Hall–Kier alpha value is -5.24. The third-order valence-electron chi connectivity index (χ3n) is 9.06. The Morgan fingerprint density at radius 3 is 2.45 bits per heavy atom. The molecule has 2 aliphatic heterocycles. The molecule has 0 spiro atoms. The molecule has 4 radical (unpaired) electrons. The van der Waals surface area contributed by atoms with Gasteiger partial charge >= 0.3 is 0 Å². The first-order valence-electron chi connectivity index (χ1n) is 16.0. The smallest absolute Gasteiger partial charge is 0.271 e. The fraction of sp³-hybridized carbons (Fsp3) is 0.364. The molecule has 3 amide bonds. The summed E-state index contributed by atoms with van der Waals surface area (Å²) in [6.07, 6.45) is 4.96. The normalized spacial score (nSPS) is 16.9. The second-order valence-electron chi connectivity index (χ2n) is 12.9. The maximum atomic E-state index is 12.6. The first kappa shape index (κ1) is 33.7. The molecule has 14 nitrogen and oxygen atoms in total. The molecular formula is C33H39B2N11O3. The number of pyridine rings is 1. The number of nitrogens with zero attached hydrogens (tertiary/aromatic N) is 6. The van der Waals surface area contributed by atoms with E-state index in [-0.39, 0.29) is 46.7 Å². The van der Waals surface area contributed by atoms with Gasteiger partial charge in [0.2, 0.25) is 5.91 Å². The lowest BCUT2D eigenvalue weighted by atomic mass is 9.57. The lowest BCUT2D eigenvalue weighted by molar-refractivity contribution is -0.121. The van der Waals surface area contributed by atoms with Crippen LogP contribution in [0.3, 0.4) is 0 Å². The minimum absolute atomic E-state index is 0.0129. The van der Waals surface area contributed by atoms with Crippen molar-refractivity contribution in [3.05, 3.63) is 83.0 Å². The molecular weight excluding hydrogens is 620 g/mol. The van der Waals surface area contributed by atoms with Gasteiger partial charge < -0.3 is 42.1 Å². The molecule has 49 heavy (non-hydrogen) atoms. The van der Waals surface area contributed by atoms with Gasteiger partial charge in [0.25, 0.3) is 11.8 Å². The average Bonchev–Trinajstić information content (AvgIpc) is 3.83. The zero-order valence-corrected chi connectivity index (χ0v) is 28.0. The number of hydrogen-bond acceptors (Lipinski definition) is 10. The highest BCUT2D eigenvalue weighted by Crippen LogP contribution is 2.45. The summed E-state index contributed by atoms with van der Waals surface area (Å²) in [6, 6.07) is 10.9. The maximum Gasteiger partial charge on any atom is 0.271 e. The summed E-state index contributed by atoms with van der Waals surface area (Å²) in [5, 5.41) is 11.9. The Kier molecular flexibility index (Phi) is 8.92. The summed E-state index contributed by atoms with van der Waals surface area (Å²) >= 11 is 0. The number of hydrogen-bond donors (Lipinski definition) is 5. The van der Waals surface area contributed by atoms with E-state index in [0.29, 0.717) is 31.0 Å². The van der Waals surface area contributed by atoms with Crippen molar-refractivity contribution < 1.29 is 14.4 Å². The molecule has 1 aromatic carbocycles. The van der Waals surface area contributed by atoms with E-state index in [4.69, 9.17) is 32.3 Å². The fourth-order valence-corrected chi connectivity index (χ4v) is 6.11. The monoisotopic (exact) mass is 659 g/mol. The standard InChI is InChI=1S/C33H39B2N11O3/c1-38-31(48)28(37)24(13-27(36)42-30(47)18-11-12-18)40-22-8-5-7-20-21-14-39-46(25(21)17-44(4)29(20)22)19-15-45(16-19)33(34,35)26-10-6-9-23(41-26)32(49)43(2)3/h5-10,13-14,18-19,40H,11-12,15-17,36-37H2,1-4H3,(H,38,48)(H,42,47)/b27-13+,28-24+. The summed E-state index contributed by atoms with van der Waals surface area (Å²) in [5.74, 6) is -0.856. The molecule has 250 valence electrons. The molecule has 1 saturated heterocycles. The number of anilines is 2. The van der Waals surface area contributed by atoms with Crippen LogP contribution in [0.25, 0.3) is 11.1 Å². The third kappa shape index (κ3) is 6.47. The van der Waals surface area contributed by atoms with Crippen LogP contribution in [0, 0.1) is 5.92 Å². The number of likely N-dealkylation sites (N-methyl/N-ethyl adjacent to an activating group) is 1. The SMILES string of the molecule is [B]C([B])(c1cccc(C(=O)N(C)C)n1)N1CC(n2ncc3c2CN(C)c2c(NC(/C=C(\N)NC(=O)C4CC4)=C(/N)C(=O)NC)cccc2-3)C1. The van der Waals surface area contributed by atoms with Crippen LogP contribution in [0.2, 0.25) is 0 Å². The summed E-state index contributed by atoms with van der Waals surface area (Å²) in [6.45, 7) is 1.61. The molecule has 0 bridgehead atoms. The summed E-state index contributed by atoms with van der Waals surface area (Å²) < 4.78 is 2.02. The van der Waals surface area contributed by atoms with Gasteiger partial charge in [0, 0.05) is 70.1 Å². The number of carbonyl (C=O) groups excluding carboxylic acids is 3. The van der Waals surface area contributed by atoms with E-state index < -0.39 is 11.2 Å². The number of amides is 3. The first-order chi connectivity index (χ1) is 23.3. The van der Waals surface area contributed by atoms with Crippen LogP contribution < -0.4 is 32.3 Å². The van der Waals surface area contributed by atoms with Crippen LogP contribution in [0.4, 0.5) is 11.4 Å². The number of carbonyl (C=O) groups is 3. The van der Waals surface area contributed by atoms with Crippen LogP contribution in [0.5, 0.6) is 0 Å². The minimum atomic E-state index is -1.38. The number of allylic oxidation sites excluding steroid dienone is 1. The molecule has 3 aliphatic rings. The number of nitrogens with two attached hydrogens (primary N) is 2. The summed E-state index contributed by atoms with van der Waals surface area (Å²) in [4.78, 5) is 47.3. The molecule has 1 aliphatic carbocycles. The molecule has 4 heterocycles. The number of nitrogens with one attached hydrogen (secondary N) is 3. The van der Waals surface area contributed by atoms with Crippen molar-refractivity contribution in [3.8, 4) is 11.1 Å². The molecule has 0 atom stereocenters. The molecule has 7 N–H and O–H groups in total. The Labute approximate surface area is 287 Å². The van der Waals surface area contributed by atoms with Crippen molar-refractivity contribution in [3.63, 3.8) is 0 Å². The van der Waals surface area contributed by atoms with Gasteiger partial charge in [-0.15, -0.1) is 0 Å². The van der Waals surface area contributed by atoms with Gasteiger partial charge in [-0.1, -0.05) is 18.2 Å². The second kappa shape index (κ2) is 13.0. The molecule has 3 aromatic rings. The Balaban J connectivity index is 1.24. The lowest BCUT2D eigenvalue weighted by Gasteiger charge is -2.50. The predicted molar refractivity (Wildman–Crippen MR) is 188 cm³/mol. The topological polar surface area (TPSA) is 180 Å². The van der Waals surface area contributed by atoms with E-state index in [9.17, 15) is 14.4 Å². The lowest BCUT2D eigenvalue weighted by Crippen LogP contribution is -2.60. The highest BCUT2D eigenvalue weighted by Gasteiger charge is 2.41. The number of aromatic nitrogens is 3. The van der Waals surface area contributed by atoms with E-state index in [1.165, 1.54) is 18.0 Å². The van der Waals surface area contributed by atoms with Crippen LogP contribution in [0.15, 0.2) is 65.9 Å². The van der Waals surface area contributed by atoms with Crippen molar-refractivity contribution >= 4 is 44.8 Å². The molecule has 2 aromatic heterocycles. The third-order valence-corrected chi connectivity index (χ3v) is 9.06. The van der Waals surface area contributed by atoms with E-state index in [2.05, 4.69) is 25.8 Å². The van der Waals surface area contributed by atoms with Crippen LogP contribution in [-0.2, 0) is 21.5 Å². The molecule has 0 unspecified atom stereocenters. The number of likely N-dealkylation sites (tertiary alicyclic amines) is 1. The van der Waals surface area contributed by atoms with Gasteiger partial charge in [0.1, 0.15) is 17.2 Å². The van der Waals surface area contributed by atoms with Crippen molar-refractivity contribution in [1.29, 1.82) is 0 Å². The van der Waals surface area contributed by atoms with Crippen LogP contribution >= 0.6 is 0 Å². The number of fused-ring (bicyclic) bond motifs is 3. The molecule has 16 heteroatoms. The highest BCUT2D eigenvalue weighted by atomic mass is 16.2. The zero-order chi connectivity index (χ0) is 35.2. The maximum absolute atomic E-state index is 12.6. The fourth-order valence-electron chi connectivity index (χ4n) is 6.11. The summed E-state index contributed by atoms with van der Waals surface area (Å²) in [5.41, 5.74) is 17.7. The van der Waals surface area contributed by atoms with Gasteiger partial charge in [-0.2, -0.15) is 5.10 Å². The van der Waals surface area contributed by atoms with E-state index >= 15 is 0 Å². The zero-order valence-electron chi connectivity index (χ0n) is 28.0. The van der Waals surface area contributed by atoms with Crippen molar-refractivity contribution in [1.82, 2.24) is 35.2 Å². The van der Waals surface area contributed by atoms with Gasteiger partial charge in [-0.25, -0.2) is 4.98 Å². The Morgan fingerprint density at radius 2 is 1.78 bits per heavy atom. The quantitative estimate of drug-likeness (QED) is 0.115. The number of benzene rings is 1. The largest absolute Gasteiger partial charge is 0.393 e. The van der Waals surface area contributed by atoms with Crippen LogP contribution in [-0.4, -0.2) is 99.3 Å². The molecule has 6 rings (SSSR count). The number of para-hydroxylation sites is 1. The molecule has 1 saturated carbocycles. The van der Waals surface area contributed by atoms with Gasteiger partial charge in [0.15, 0.2) is 0 Å². The van der Waals surface area contributed by atoms with Gasteiger partial charge in [-0.3, -0.25) is 19.1 Å².